The maximum atomic E-state index is 12.9. The highest BCUT2D eigenvalue weighted by Gasteiger charge is 2.16. The van der Waals surface area contributed by atoms with Gasteiger partial charge in [0, 0.05) is 30.8 Å². The van der Waals surface area contributed by atoms with E-state index in [1.54, 1.807) is 6.07 Å². The van der Waals surface area contributed by atoms with Gasteiger partial charge in [-0.2, -0.15) is 0 Å². The number of benzene rings is 1. The van der Waals surface area contributed by atoms with Crippen molar-refractivity contribution in [2.24, 2.45) is 0 Å². The molecule has 1 aromatic carbocycles. The van der Waals surface area contributed by atoms with Crippen LogP contribution in [0.3, 0.4) is 0 Å². The van der Waals surface area contributed by atoms with Gasteiger partial charge < -0.3 is 5.11 Å². The first-order valence-corrected chi connectivity index (χ1v) is 6.16. The summed E-state index contributed by atoms with van der Waals surface area (Å²) in [4.78, 5) is 0. The minimum atomic E-state index is -0.406. The highest BCUT2D eigenvalue weighted by Crippen LogP contribution is 2.25. The molecule has 0 radical (unpaired) electrons. The number of aromatic hydroxyl groups is 1. The Morgan fingerprint density at radius 2 is 2.00 bits per heavy atom. The summed E-state index contributed by atoms with van der Waals surface area (Å²) in [5.41, 5.74) is 4.08. The van der Waals surface area contributed by atoms with Crippen molar-refractivity contribution in [1.82, 2.24) is 10.4 Å². The first-order valence-electron chi connectivity index (χ1n) is 6.16. The molecule has 1 aromatic rings. The fourth-order valence-corrected chi connectivity index (χ4v) is 2.25. The molecule has 1 fully saturated rings. The Bertz CT molecular complexity index is 378. The lowest BCUT2D eigenvalue weighted by atomic mass is 10.1. The van der Waals surface area contributed by atoms with E-state index < -0.39 is 5.82 Å². The Hall–Kier alpha value is -1.13. The van der Waals surface area contributed by atoms with E-state index in [2.05, 4.69) is 10.4 Å². The SMILES string of the molecule is CC(NN1CCCCC1)c1ccc(F)cc1O. The Labute approximate surface area is 101 Å². The lowest BCUT2D eigenvalue weighted by Gasteiger charge is -2.30. The van der Waals surface area contributed by atoms with Crippen LogP contribution >= 0.6 is 0 Å². The molecule has 2 rings (SSSR count). The molecule has 1 unspecified atom stereocenters. The number of hydrazine groups is 1. The zero-order valence-corrected chi connectivity index (χ0v) is 10.1. The van der Waals surface area contributed by atoms with E-state index in [4.69, 9.17) is 0 Å². The van der Waals surface area contributed by atoms with E-state index in [1.807, 2.05) is 6.92 Å². The van der Waals surface area contributed by atoms with Crippen LogP contribution in [0.25, 0.3) is 0 Å². The van der Waals surface area contributed by atoms with Crippen LogP contribution in [0, 0.1) is 5.82 Å². The summed E-state index contributed by atoms with van der Waals surface area (Å²) in [5.74, 6) is -0.390. The van der Waals surface area contributed by atoms with Crippen molar-refractivity contribution < 1.29 is 9.50 Å². The first kappa shape index (κ1) is 12.3. The summed E-state index contributed by atoms with van der Waals surface area (Å²) in [6.45, 7) is 4.04. The molecule has 1 aliphatic rings. The van der Waals surface area contributed by atoms with Crippen molar-refractivity contribution in [2.75, 3.05) is 13.1 Å². The lowest BCUT2D eigenvalue weighted by Crippen LogP contribution is -2.42. The Kier molecular flexibility index (Phi) is 3.97. The molecule has 4 heteroatoms. The van der Waals surface area contributed by atoms with E-state index in [0.717, 1.165) is 24.7 Å². The molecule has 3 nitrogen and oxygen atoms in total. The molecule has 0 aliphatic carbocycles. The fraction of sp³-hybridized carbons (Fsp3) is 0.538. The summed E-state index contributed by atoms with van der Waals surface area (Å²) in [7, 11) is 0. The van der Waals surface area contributed by atoms with Gasteiger partial charge in [-0.25, -0.2) is 14.8 Å². The minimum Gasteiger partial charge on any atom is -0.508 e. The number of hydrogen-bond donors (Lipinski definition) is 2. The molecular weight excluding hydrogens is 219 g/mol. The summed E-state index contributed by atoms with van der Waals surface area (Å²) in [6, 6.07) is 4.16. The van der Waals surface area contributed by atoms with Crippen molar-refractivity contribution >= 4 is 0 Å². The Balaban J connectivity index is 2.00. The molecule has 17 heavy (non-hydrogen) atoms. The zero-order chi connectivity index (χ0) is 12.3. The number of halogens is 1. The molecule has 0 spiro atoms. The number of nitrogens with zero attached hydrogens (tertiary/aromatic N) is 1. The predicted octanol–water partition coefficient (Wildman–Crippen LogP) is 2.58. The molecule has 1 heterocycles. The summed E-state index contributed by atoms with van der Waals surface area (Å²) < 4.78 is 12.9. The van der Waals surface area contributed by atoms with Crippen LogP contribution in [-0.4, -0.2) is 23.2 Å². The van der Waals surface area contributed by atoms with Crippen molar-refractivity contribution in [2.45, 2.75) is 32.2 Å². The molecule has 2 N–H and O–H groups in total. The minimum absolute atomic E-state index is 0.00583. The summed E-state index contributed by atoms with van der Waals surface area (Å²) in [6.07, 6.45) is 3.69. The Morgan fingerprint density at radius 1 is 1.29 bits per heavy atom. The smallest absolute Gasteiger partial charge is 0.126 e. The van der Waals surface area contributed by atoms with Gasteiger partial charge in [0.2, 0.25) is 0 Å². The fourth-order valence-electron chi connectivity index (χ4n) is 2.25. The van der Waals surface area contributed by atoms with Crippen molar-refractivity contribution in [3.63, 3.8) is 0 Å². The van der Waals surface area contributed by atoms with Crippen molar-refractivity contribution in [3.8, 4) is 5.75 Å². The third-order valence-electron chi connectivity index (χ3n) is 3.19. The predicted molar refractivity (Wildman–Crippen MR) is 65.0 cm³/mol. The molecule has 0 bridgehead atoms. The highest BCUT2D eigenvalue weighted by atomic mass is 19.1. The van der Waals surface area contributed by atoms with Gasteiger partial charge in [0.25, 0.3) is 0 Å². The maximum absolute atomic E-state index is 12.9. The van der Waals surface area contributed by atoms with Gasteiger partial charge in [-0.15, -0.1) is 0 Å². The number of rotatable bonds is 3. The summed E-state index contributed by atoms with van der Waals surface area (Å²) >= 11 is 0. The largest absolute Gasteiger partial charge is 0.508 e. The molecule has 0 saturated carbocycles. The second-order valence-electron chi connectivity index (χ2n) is 4.60. The molecule has 1 saturated heterocycles. The molecule has 0 aromatic heterocycles. The van der Waals surface area contributed by atoms with Crippen LogP contribution in [0.1, 0.15) is 37.8 Å². The molecule has 0 amide bonds. The number of phenols is 1. The average Bonchev–Trinajstić information content (AvgIpc) is 2.30. The van der Waals surface area contributed by atoms with Gasteiger partial charge in [-0.1, -0.05) is 12.5 Å². The zero-order valence-electron chi connectivity index (χ0n) is 10.1. The van der Waals surface area contributed by atoms with Gasteiger partial charge in [-0.3, -0.25) is 0 Å². The number of hydrogen-bond acceptors (Lipinski definition) is 3. The van der Waals surface area contributed by atoms with E-state index in [0.29, 0.717) is 0 Å². The van der Waals surface area contributed by atoms with Gasteiger partial charge in [0.05, 0.1) is 0 Å². The summed E-state index contributed by atoms with van der Waals surface area (Å²) in [5, 5.41) is 11.9. The van der Waals surface area contributed by atoms with Crippen LogP contribution in [0.5, 0.6) is 5.75 Å². The lowest BCUT2D eigenvalue weighted by molar-refractivity contribution is 0.132. The van der Waals surface area contributed by atoms with Crippen LogP contribution < -0.4 is 5.43 Å². The van der Waals surface area contributed by atoms with Gasteiger partial charge in [-0.05, 0) is 25.8 Å². The maximum Gasteiger partial charge on any atom is 0.126 e. The van der Waals surface area contributed by atoms with Crippen LogP contribution in [0.15, 0.2) is 18.2 Å². The molecule has 1 aliphatic heterocycles. The Morgan fingerprint density at radius 3 is 2.65 bits per heavy atom. The number of nitrogens with one attached hydrogen (secondary N) is 1. The number of phenolic OH excluding ortho intramolecular Hbond substituents is 1. The van der Waals surface area contributed by atoms with Crippen molar-refractivity contribution in [1.29, 1.82) is 0 Å². The quantitative estimate of drug-likeness (QED) is 0.849. The van der Waals surface area contributed by atoms with Gasteiger partial charge in [0.15, 0.2) is 0 Å². The van der Waals surface area contributed by atoms with Crippen LogP contribution in [0.2, 0.25) is 0 Å². The standard InChI is InChI=1S/C13H19FN2O/c1-10(15-16-7-3-2-4-8-16)12-6-5-11(14)9-13(12)17/h5-6,9-10,15,17H,2-4,7-8H2,1H3. The van der Waals surface area contributed by atoms with Crippen LogP contribution in [0.4, 0.5) is 4.39 Å². The van der Waals surface area contributed by atoms with E-state index in [1.165, 1.54) is 25.3 Å². The first-order chi connectivity index (χ1) is 8.16. The third kappa shape index (κ3) is 3.17. The van der Waals surface area contributed by atoms with E-state index >= 15 is 0 Å². The molecule has 1 atom stereocenters. The molecular formula is C13H19FN2O. The normalized spacial score (nSPS) is 19.2. The van der Waals surface area contributed by atoms with Gasteiger partial charge in [0.1, 0.15) is 11.6 Å². The monoisotopic (exact) mass is 238 g/mol. The number of piperidine rings is 1. The average molecular weight is 238 g/mol. The highest BCUT2D eigenvalue weighted by molar-refractivity contribution is 5.34. The second-order valence-corrected chi connectivity index (χ2v) is 4.60. The van der Waals surface area contributed by atoms with Gasteiger partial charge >= 0.3 is 0 Å². The van der Waals surface area contributed by atoms with Crippen LogP contribution in [-0.2, 0) is 0 Å². The van der Waals surface area contributed by atoms with E-state index in [9.17, 15) is 9.50 Å². The molecule has 94 valence electrons. The third-order valence-corrected chi connectivity index (χ3v) is 3.19. The van der Waals surface area contributed by atoms with Crippen molar-refractivity contribution in [3.05, 3.63) is 29.6 Å². The second kappa shape index (κ2) is 5.47. The topological polar surface area (TPSA) is 35.5 Å². The van der Waals surface area contributed by atoms with E-state index in [-0.39, 0.29) is 11.8 Å².